The summed E-state index contributed by atoms with van der Waals surface area (Å²) in [6.07, 6.45) is 6.34. The molecule has 0 unspecified atom stereocenters. The first-order valence-corrected chi connectivity index (χ1v) is 37.9. The van der Waals surface area contributed by atoms with Crippen LogP contribution in [-0.2, 0) is 88.0 Å². The van der Waals surface area contributed by atoms with Crippen molar-refractivity contribution in [2.24, 2.45) is 5.41 Å². The first kappa shape index (κ1) is 86.4. The molecule has 3 aliphatic rings. The van der Waals surface area contributed by atoms with Gasteiger partial charge in [-0.05, 0) is 142 Å². The molecule has 4 N–H and O–H groups in total. The highest BCUT2D eigenvalue weighted by Crippen LogP contribution is 2.42. The third-order valence-corrected chi connectivity index (χ3v) is 19.4. The Kier molecular flexibility index (Phi) is 35.7. The monoisotopic (exact) mass is 1550 g/mol. The number of hydrogen-bond donors (Lipinski definition) is 4. The number of amides is 6. The molecule has 2 aromatic heterocycles. The van der Waals surface area contributed by atoms with Crippen molar-refractivity contribution in [2.75, 3.05) is 222 Å². The van der Waals surface area contributed by atoms with Gasteiger partial charge in [0.05, 0.1) is 176 Å². The molecule has 5 heterocycles. The van der Waals surface area contributed by atoms with Crippen molar-refractivity contribution in [3.05, 3.63) is 125 Å². The zero-order valence-electron chi connectivity index (χ0n) is 64.4. The lowest BCUT2D eigenvalue weighted by Crippen LogP contribution is -2.50. The number of methoxy groups -OCH3 is 2. The molecule has 31 heteroatoms. The topological polar surface area (TPSA) is 319 Å². The lowest BCUT2D eigenvalue weighted by atomic mass is 9.71. The molecule has 3 fully saturated rings. The van der Waals surface area contributed by atoms with Gasteiger partial charge in [0.2, 0.25) is 11.8 Å². The third-order valence-electron chi connectivity index (χ3n) is 19.4. The van der Waals surface area contributed by atoms with Gasteiger partial charge in [-0.2, -0.15) is 0 Å². The van der Waals surface area contributed by atoms with E-state index in [1.807, 2.05) is 11.0 Å². The van der Waals surface area contributed by atoms with Gasteiger partial charge in [-0.15, -0.1) is 0 Å². The van der Waals surface area contributed by atoms with Gasteiger partial charge in [-0.3, -0.25) is 34.2 Å². The zero-order chi connectivity index (χ0) is 78.6. The second-order valence-corrected chi connectivity index (χ2v) is 27.4. The Morgan fingerprint density at radius 1 is 0.613 bits per heavy atom. The highest BCUT2D eigenvalue weighted by Gasteiger charge is 2.39. The van der Waals surface area contributed by atoms with Crippen molar-refractivity contribution in [3.8, 4) is 28.3 Å². The van der Waals surface area contributed by atoms with Crippen molar-refractivity contribution in [1.29, 1.82) is 0 Å². The van der Waals surface area contributed by atoms with Crippen LogP contribution in [0.4, 0.5) is 25.0 Å². The van der Waals surface area contributed by atoms with Crippen molar-refractivity contribution >= 4 is 58.0 Å². The number of benzene rings is 4. The maximum atomic E-state index is 15.9. The largest absolute Gasteiger partial charge is 0.495 e. The van der Waals surface area contributed by atoms with Crippen LogP contribution in [0.2, 0.25) is 0 Å². The van der Waals surface area contributed by atoms with Crippen LogP contribution in [0.3, 0.4) is 0 Å². The predicted molar refractivity (Wildman–Crippen MR) is 407 cm³/mol. The number of ether oxygens (including phenoxy) is 14. The Morgan fingerprint density at radius 3 is 1.70 bits per heavy atom. The molecule has 1 spiro atoms. The fourth-order valence-corrected chi connectivity index (χ4v) is 13.0. The van der Waals surface area contributed by atoms with Crippen LogP contribution in [0, 0.1) is 24.0 Å². The molecule has 0 saturated carbocycles. The summed E-state index contributed by atoms with van der Waals surface area (Å²) < 4.78 is 108. The molecule has 111 heavy (non-hydrogen) atoms. The minimum absolute atomic E-state index is 0.0218. The highest BCUT2D eigenvalue weighted by atomic mass is 19.1. The van der Waals surface area contributed by atoms with Crippen LogP contribution in [0.5, 0.6) is 5.75 Å². The highest BCUT2D eigenvalue weighted by molar-refractivity contribution is 6.08. The SMILES string of the molecule is COCCOCCOCCOCCOCCOCCOCCOCCOCCOCCOCCOCCC(=O)NCC(=O)OC(C)(C)c1ccc(C(=O)Nc2cc(F)cc(-c3ncnc4[nH]c(-c5ccc(CCN6CCC7(CC6)CCN(C(=O)c6ccc(OC)c(N8CCC(=O)NC8=O)c6)CC7)cc5)cc34)c2C)c(F)c1. The predicted octanol–water partition coefficient (Wildman–Crippen LogP) is 8.26. The summed E-state index contributed by atoms with van der Waals surface area (Å²) in [5, 5.41) is 8.15. The Balaban J connectivity index is 0.596. The number of H-pyrrole nitrogens is 1. The Hall–Kier alpha value is -8.54. The molecule has 29 nitrogen and oxygen atoms in total. The standard InChI is InChI=1S/C80H107F2N9O20/c1-57-64(74-65-54-68(86-75(65)85-56-84-74)59-8-6-58(7-9-59)14-21-89-23-17-80(18-24-89)19-25-90(26-20-80)77(96)60-10-13-70(99-5)69(50-60)91-22-15-72(93)88-78(91)97)52-62(81)53-67(57)87-76(95)63-12-11-61(51-66(63)82)79(2,3)111-73(94)55-83-71(92)16-27-100-30-31-102-34-35-104-38-39-106-42-43-108-46-47-110-49-48-109-45-44-107-41-40-105-37-36-103-33-32-101-29-28-98-4/h6-13,50-54,56H,14-49,55H2,1-5H3,(H,83,92)(H,87,95)(H,84,85,86)(H,88,93,97). The number of anilines is 2. The summed E-state index contributed by atoms with van der Waals surface area (Å²) >= 11 is 0. The maximum Gasteiger partial charge on any atom is 0.328 e. The van der Waals surface area contributed by atoms with E-state index in [1.165, 1.54) is 42.1 Å². The van der Waals surface area contributed by atoms with Gasteiger partial charge in [-0.1, -0.05) is 30.3 Å². The van der Waals surface area contributed by atoms with E-state index < -0.39 is 47.6 Å². The summed E-state index contributed by atoms with van der Waals surface area (Å²) in [5.41, 5.74) is 4.42. The molecule has 0 atom stereocenters. The van der Waals surface area contributed by atoms with Crippen LogP contribution in [0.25, 0.3) is 33.5 Å². The molecule has 0 aliphatic carbocycles. The molecule has 0 radical (unpaired) electrons. The molecule has 4 aromatic carbocycles. The number of piperidine rings is 2. The number of hydrogen-bond acceptors (Lipinski definition) is 23. The summed E-state index contributed by atoms with van der Waals surface area (Å²) in [6.45, 7) is 18.6. The lowest BCUT2D eigenvalue weighted by molar-refractivity contribution is -0.157. The summed E-state index contributed by atoms with van der Waals surface area (Å²) in [7, 11) is 3.14. The first-order chi connectivity index (χ1) is 53.9. The number of carbonyl (C=O) groups is 6. The number of likely N-dealkylation sites (tertiary alicyclic amines) is 2. The Bertz CT molecular complexity index is 3930. The third kappa shape index (κ3) is 27.7. The van der Waals surface area contributed by atoms with E-state index in [9.17, 15) is 28.8 Å². The zero-order valence-corrected chi connectivity index (χ0v) is 64.4. The molecule has 3 saturated heterocycles. The molecule has 606 valence electrons. The van der Waals surface area contributed by atoms with Crippen LogP contribution in [-0.4, -0.2) is 272 Å². The number of fused-ring (bicyclic) bond motifs is 1. The number of halogens is 2. The number of nitrogens with zero attached hydrogens (tertiary/aromatic N) is 5. The van der Waals surface area contributed by atoms with Crippen LogP contribution >= 0.6 is 0 Å². The molecule has 6 amide bonds. The van der Waals surface area contributed by atoms with E-state index >= 15 is 8.78 Å². The molecule has 3 aliphatic heterocycles. The van der Waals surface area contributed by atoms with Crippen LogP contribution in [0.15, 0.2) is 85.2 Å². The minimum Gasteiger partial charge on any atom is -0.495 e. The number of esters is 1. The summed E-state index contributed by atoms with van der Waals surface area (Å²) in [4.78, 5) is 95.7. The second-order valence-electron chi connectivity index (χ2n) is 27.4. The molecular formula is C80H107F2N9O20. The van der Waals surface area contributed by atoms with Gasteiger partial charge in [0, 0.05) is 74.0 Å². The number of aromatic amines is 1. The summed E-state index contributed by atoms with van der Waals surface area (Å²) in [5.74, 6) is -3.62. The van der Waals surface area contributed by atoms with E-state index in [-0.39, 0.29) is 73.3 Å². The van der Waals surface area contributed by atoms with Gasteiger partial charge in [0.25, 0.3) is 11.8 Å². The van der Waals surface area contributed by atoms with E-state index in [2.05, 4.69) is 60.1 Å². The first-order valence-electron chi connectivity index (χ1n) is 37.9. The number of carbonyl (C=O) groups excluding carboxylic acids is 6. The number of urea groups is 1. The van der Waals surface area contributed by atoms with Gasteiger partial charge in [0.15, 0.2) is 0 Å². The summed E-state index contributed by atoms with van der Waals surface area (Å²) in [6, 6.07) is 21.1. The molecular weight excluding hydrogens is 1440 g/mol. The van der Waals surface area contributed by atoms with E-state index in [0.29, 0.717) is 190 Å². The fraction of sp³-hybridized carbons (Fsp3) is 0.550. The van der Waals surface area contributed by atoms with Gasteiger partial charge in [0.1, 0.15) is 41.5 Å². The Morgan fingerprint density at radius 2 is 1.16 bits per heavy atom. The quantitative estimate of drug-likeness (QED) is 0.0206. The maximum absolute atomic E-state index is 15.9. The van der Waals surface area contributed by atoms with Gasteiger partial charge >= 0.3 is 12.0 Å². The molecule has 6 aromatic rings. The van der Waals surface area contributed by atoms with Crippen molar-refractivity contribution in [3.63, 3.8) is 0 Å². The number of nitrogens with one attached hydrogen (secondary N) is 4. The van der Waals surface area contributed by atoms with Gasteiger partial charge in [-0.25, -0.2) is 23.5 Å². The lowest BCUT2D eigenvalue weighted by Gasteiger charge is -2.47. The average molecular weight is 1550 g/mol. The van der Waals surface area contributed by atoms with Crippen molar-refractivity contribution in [1.82, 2.24) is 35.4 Å². The molecule has 9 rings (SSSR count). The van der Waals surface area contributed by atoms with Crippen LogP contribution < -0.4 is 25.6 Å². The average Bonchev–Trinajstić information content (AvgIpc) is 1.74. The normalized spacial score (nSPS) is 14.7. The fourth-order valence-electron chi connectivity index (χ4n) is 13.0. The minimum atomic E-state index is -1.37. The van der Waals surface area contributed by atoms with Crippen molar-refractivity contribution in [2.45, 2.75) is 71.3 Å². The smallest absolute Gasteiger partial charge is 0.328 e. The second kappa shape index (κ2) is 45.8. The number of aromatic nitrogens is 3. The van der Waals surface area contributed by atoms with Crippen molar-refractivity contribution < 1.29 is 104 Å². The van der Waals surface area contributed by atoms with E-state index in [0.717, 1.165) is 75.1 Å². The Labute approximate surface area is 646 Å². The number of imide groups is 1. The van der Waals surface area contributed by atoms with Gasteiger partial charge < -0.3 is 91.7 Å². The van der Waals surface area contributed by atoms with E-state index in [1.54, 1.807) is 46.1 Å². The van der Waals surface area contributed by atoms with E-state index in [4.69, 9.17) is 66.3 Å². The molecule has 0 bridgehead atoms. The number of rotatable bonds is 50. The van der Waals surface area contributed by atoms with Crippen LogP contribution in [0.1, 0.15) is 89.8 Å².